The van der Waals surface area contributed by atoms with Crippen LogP contribution in [0.5, 0.6) is 11.5 Å². The lowest BCUT2D eigenvalue weighted by Crippen LogP contribution is -2.56. The zero-order valence-electron chi connectivity index (χ0n) is 38.7. The number of anilines is 2. The molecule has 2 aliphatic heterocycles. The standard InChI is InChI=1S/C25H35FN6O4S.C20H27FN6O2S/c1-24(2,3)36-23(34)27-10-5-11-29-25(16-33)8-12-31(13-9-25)22-30-32-19(15-28-21(32)37-22)18-7-6-17(26)14-20(18)35-4;1-29-17-11-14(21)3-4-15(17)16-12-23-18-27(16)25-19(30-18)26-9-5-20(13-28,6-10-26)24-8-2-7-22/h6-7,14-15,29,33H,5,8-13,16H2,1-4H3,(H,27,34);3-4,11-12,24,28H,2,5-10,13,22H2,1H3. The number of hydrogen-bond donors (Lipinski definition) is 6. The number of piperidine rings is 2. The van der Waals surface area contributed by atoms with Crippen LogP contribution in [0.1, 0.15) is 59.3 Å². The summed E-state index contributed by atoms with van der Waals surface area (Å²) < 4.78 is 46.7. The molecule has 2 aromatic carbocycles. The van der Waals surface area contributed by atoms with E-state index in [-0.39, 0.29) is 35.9 Å². The zero-order chi connectivity index (χ0) is 47.8. The van der Waals surface area contributed by atoms with Crippen molar-refractivity contribution in [2.45, 2.75) is 76.0 Å². The first kappa shape index (κ1) is 49.7. The maximum atomic E-state index is 13.7. The quantitative estimate of drug-likeness (QED) is 0.0639. The Kier molecular flexibility index (Phi) is 16.2. The molecular formula is C45H62F2N12O6S2. The Morgan fingerprint density at radius 3 is 1.60 bits per heavy atom. The summed E-state index contributed by atoms with van der Waals surface area (Å²) >= 11 is 3.01. The number of aliphatic hydroxyl groups is 2. The van der Waals surface area contributed by atoms with Crippen LogP contribution in [-0.2, 0) is 4.74 Å². The van der Waals surface area contributed by atoms with Crippen molar-refractivity contribution in [1.82, 2.24) is 45.1 Å². The molecule has 0 atom stereocenters. The van der Waals surface area contributed by atoms with Crippen molar-refractivity contribution in [3.8, 4) is 34.0 Å². The van der Waals surface area contributed by atoms with Crippen LogP contribution in [0.3, 0.4) is 0 Å². The molecule has 364 valence electrons. The summed E-state index contributed by atoms with van der Waals surface area (Å²) in [5.74, 6) is 0.153. The largest absolute Gasteiger partial charge is 0.496 e. The summed E-state index contributed by atoms with van der Waals surface area (Å²) in [5.41, 5.74) is 7.39. The minimum absolute atomic E-state index is 0.0377. The third kappa shape index (κ3) is 11.9. The third-order valence-corrected chi connectivity index (χ3v) is 14.0. The maximum Gasteiger partial charge on any atom is 0.407 e. The highest BCUT2D eigenvalue weighted by Crippen LogP contribution is 2.37. The zero-order valence-corrected chi connectivity index (χ0v) is 40.3. The molecule has 67 heavy (non-hydrogen) atoms. The van der Waals surface area contributed by atoms with Gasteiger partial charge in [-0.05, 0) is 103 Å². The van der Waals surface area contributed by atoms with Gasteiger partial charge in [-0.3, -0.25) is 0 Å². The summed E-state index contributed by atoms with van der Waals surface area (Å²) in [6, 6.07) is 8.86. The van der Waals surface area contributed by atoms with Crippen molar-refractivity contribution in [2.75, 3.05) is 89.6 Å². The van der Waals surface area contributed by atoms with Gasteiger partial charge in [0.25, 0.3) is 0 Å². The van der Waals surface area contributed by atoms with E-state index in [1.165, 1.54) is 61.2 Å². The molecule has 22 heteroatoms. The number of nitrogens with zero attached hydrogens (tertiary/aromatic N) is 8. The van der Waals surface area contributed by atoms with E-state index in [4.69, 9.17) is 30.1 Å². The topological polar surface area (TPSA) is 214 Å². The SMILES string of the molecule is COc1cc(F)ccc1-c1cnc2sc(N3CCC(CO)(NCCCN)CC3)nn12.COc1cc(F)ccc1-c1cnc2sc(N3CCC(CO)(NCCCNC(=O)OC(C)(C)C)CC3)nn12. The van der Waals surface area contributed by atoms with Crippen molar-refractivity contribution in [3.63, 3.8) is 0 Å². The lowest BCUT2D eigenvalue weighted by molar-refractivity contribution is 0.0526. The highest BCUT2D eigenvalue weighted by molar-refractivity contribution is 7.20. The first-order chi connectivity index (χ1) is 32.2. The van der Waals surface area contributed by atoms with Gasteiger partial charge >= 0.3 is 6.09 Å². The summed E-state index contributed by atoms with van der Waals surface area (Å²) in [7, 11) is 3.03. The number of methoxy groups -OCH3 is 2. The van der Waals surface area contributed by atoms with E-state index >= 15 is 0 Å². The van der Waals surface area contributed by atoms with Crippen LogP contribution in [0.2, 0.25) is 0 Å². The average Bonchev–Trinajstić information content (AvgIpc) is 4.12. The molecule has 0 aliphatic carbocycles. The van der Waals surface area contributed by atoms with Gasteiger partial charge in [0.05, 0.1) is 51.2 Å². The number of hydrogen-bond acceptors (Lipinski definition) is 17. The summed E-state index contributed by atoms with van der Waals surface area (Å²) in [6.45, 7) is 11.3. The number of aliphatic hydroxyl groups excluding tert-OH is 2. The van der Waals surface area contributed by atoms with Gasteiger partial charge in [-0.15, -0.1) is 10.2 Å². The molecule has 6 heterocycles. The second-order valence-corrected chi connectivity index (χ2v) is 19.6. The number of nitrogens with one attached hydrogen (secondary N) is 3. The lowest BCUT2D eigenvalue weighted by Gasteiger charge is -2.41. The number of nitrogens with two attached hydrogens (primary N) is 1. The van der Waals surface area contributed by atoms with Crippen molar-refractivity contribution in [2.24, 2.45) is 5.73 Å². The van der Waals surface area contributed by atoms with Crippen LogP contribution in [0.25, 0.3) is 32.4 Å². The molecule has 1 amide bonds. The lowest BCUT2D eigenvalue weighted by atomic mass is 9.88. The van der Waals surface area contributed by atoms with Crippen molar-refractivity contribution in [1.29, 1.82) is 0 Å². The Hall–Kier alpha value is -5.23. The van der Waals surface area contributed by atoms with Crippen LogP contribution in [0.15, 0.2) is 48.8 Å². The molecule has 2 fully saturated rings. The Balaban J connectivity index is 0.000000203. The maximum absolute atomic E-state index is 13.7. The number of rotatable bonds is 17. The molecule has 0 radical (unpaired) electrons. The predicted molar refractivity (Wildman–Crippen MR) is 257 cm³/mol. The van der Waals surface area contributed by atoms with E-state index < -0.39 is 11.7 Å². The molecule has 2 saturated heterocycles. The van der Waals surface area contributed by atoms with Gasteiger partial charge in [0.15, 0.2) is 0 Å². The number of carbonyl (C=O) groups excluding carboxylic acids is 1. The molecule has 6 aromatic rings. The molecule has 0 unspecified atom stereocenters. The predicted octanol–water partition coefficient (Wildman–Crippen LogP) is 5.32. The normalized spacial score (nSPS) is 16.0. The molecule has 0 spiro atoms. The Morgan fingerprint density at radius 1 is 0.746 bits per heavy atom. The van der Waals surface area contributed by atoms with E-state index in [0.29, 0.717) is 31.1 Å². The third-order valence-electron chi connectivity index (χ3n) is 12.0. The second-order valence-electron chi connectivity index (χ2n) is 17.8. The number of amides is 1. The molecule has 7 N–H and O–H groups in total. The van der Waals surface area contributed by atoms with Gasteiger partial charge in [0.1, 0.15) is 28.7 Å². The van der Waals surface area contributed by atoms with Crippen molar-refractivity contribution in [3.05, 3.63) is 60.4 Å². The molecule has 18 nitrogen and oxygen atoms in total. The van der Waals surface area contributed by atoms with E-state index in [1.54, 1.807) is 33.6 Å². The van der Waals surface area contributed by atoms with E-state index in [9.17, 15) is 23.8 Å². The Labute approximate surface area is 396 Å². The fourth-order valence-electron chi connectivity index (χ4n) is 8.18. The molecule has 2 aliphatic rings. The van der Waals surface area contributed by atoms with Crippen LogP contribution in [0.4, 0.5) is 23.8 Å². The molecule has 0 bridgehead atoms. The fourth-order valence-corrected chi connectivity index (χ4v) is 10.0. The number of alkyl carbamates (subject to hydrolysis) is 1. The Bertz CT molecular complexity index is 2560. The van der Waals surface area contributed by atoms with Gasteiger partial charge in [0.2, 0.25) is 20.2 Å². The molecule has 4 aromatic heterocycles. The van der Waals surface area contributed by atoms with Crippen LogP contribution in [0, 0.1) is 11.6 Å². The van der Waals surface area contributed by atoms with E-state index in [1.807, 2.05) is 20.8 Å². The minimum atomic E-state index is -0.521. The number of benzene rings is 2. The van der Waals surface area contributed by atoms with Gasteiger partial charge in [-0.2, -0.15) is 0 Å². The van der Waals surface area contributed by atoms with Crippen molar-refractivity contribution < 1.29 is 38.0 Å². The van der Waals surface area contributed by atoms with Crippen molar-refractivity contribution >= 4 is 49.0 Å². The fraction of sp³-hybridized carbons (Fsp3) is 0.533. The number of aromatic nitrogens is 6. The molecular weight excluding hydrogens is 907 g/mol. The smallest absolute Gasteiger partial charge is 0.407 e. The van der Waals surface area contributed by atoms with Gasteiger partial charge in [-0.1, -0.05) is 22.7 Å². The van der Waals surface area contributed by atoms with Gasteiger partial charge < -0.3 is 55.9 Å². The monoisotopic (exact) mass is 968 g/mol. The highest BCUT2D eigenvalue weighted by atomic mass is 32.1. The van der Waals surface area contributed by atoms with Gasteiger partial charge in [-0.25, -0.2) is 32.6 Å². The van der Waals surface area contributed by atoms with Gasteiger partial charge in [0, 0.05) is 67.1 Å². The molecule has 8 rings (SSSR count). The Morgan fingerprint density at radius 2 is 1.19 bits per heavy atom. The minimum Gasteiger partial charge on any atom is -0.496 e. The summed E-state index contributed by atoms with van der Waals surface area (Å²) in [6.07, 6.45) is 7.80. The number of ether oxygens (including phenoxy) is 3. The number of carbonyl (C=O) groups is 1. The number of imidazole rings is 2. The van der Waals surface area contributed by atoms with E-state index in [2.05, 4.69) is 35.7 Å². The van der Waals surface area contributed by atoms with E-state index in [0.717, 1.165) is 114 Å². The molecule has 0 saturated carbocycles. The van der Waals surface area contributed by atoms with Crippen LogP contribution >= 0.6 is 22.7 Å². The van der Waals surface area contributed by atoms with Crippen LogP contribution in [-0.4, -0.2) is 142 Å². The van der Waals surface area contributed by atoms with Crippen LogP contribution < -0.4 is 41.0 Å². The number of fused-ring (bicyclic) bond motifs is 2. The highest BCUT2D eigenvalue weighted by Gasteiger charge is 2.36. The first-order valence-corrected chi connectivity index (χ1v) is 24.1. The first-order valence-electron chi connectivity index (χ1n) is 22.5. The second kappa shape index (κ2) is 21.8. The summed E-state index contributed by atoms with van der Waals surface area (Å²) in [5, 5.41) is 41.1. The summed E-state index contributed by atoms with van der Waals surface area (Å²) in [4.78, 5) is 26.7. The number of halogens is 2. The average molecular weight is 969 g/mol.